The zero-order valence-corrected chi connectivity index (χ0v) is 11.9. The van der Waals surface area contributed by atoms with Crippen LogP contribution in [0.1, 0.15) is 12.8 Å². The van der Waals surface area contributed by atoms with Gasteiger partial charge in [0, 0.05) is 61.7 Å². The third-order valence-electron chi connectivity index (χ3n) is 3.87. The van der Waals surface area contributed by atoms with Crippen molar-refractivity contribution in [3.63, 3.8) is 0 Å². The first-order chi connectivity index (χ1) is 9.94. The zero-order valence-electron chi connectivity index (χ0n) is 11.9. The fourth-order valence-corrected chi connectivity index (χ4v) is 2.69. The largest absolute Gasteiger partial charge is 0.399 e. The lowest BCUT2D eigenvalue weighted by molar-refractivity contribution is -0.0220. The van der Waals surface area contributed by atoms with Crippen molar-refractivity contribution in [3.8, 4) is 11.1 Å². The lowest BCUT2D eigenvalue weighted by atomic mass is 10.0. The van der Waals surface area contributed by atoms with Crippen LogP contribution in [-0.2, 0) is 7.05 Å². The molecule has 1 saturated heterocycles. The van der Waals surface area contributed by atoms with E-state index in [2.05, 4.69) is 5.10 Å². The highest BCUT2D eigenvalue weighted by Gasteiger charge is 2.34. The van der Waals surface area contributed by atoms with E-state index in [1.165, 1.54) is 0 Å². The molecule has 0 spiro atoms. The zero-order chi connectivity index (χ0) is 15.0. The summed E-state index contributed by atoms with van der Waals surface area (Å²) in [6.07, 6.45) is 3.45. The van der Waals surface area contributed by atoms with Gasteiger partial charge in [0.1, 0.15) is 0 Å². The van der Waals surface area contributed by atoms with Crippen LogP contribution in [-0.4, -0.2) is 28.8 Å². The van der Waals surface area contributed by atoms with Crippen molar-refractivity contribution in [2.24, 2.45) is 7.05 Å². The second-order valence-corrected chi connectivity index (χ2v) is 5.52. The van der Waals surface area contributed by atoms with Crippen molar-refractivity contribution >= 4 is 11.4 Å². The molecule has 0 saturated carbocycles. The van der Waals surface area contributed by atoms with Crippen LogP contribution in [0.2, 0.25) is 0 Å². The third-order valence-corrected chi connectivity index (χ3v) is 3.87. The maximum atomic E-state index is 13.3. The Morgan fingerprint density at radius 3 is 2.57 bits per heavy atom. The number of alkyl halides is 2. The monoisotopic (exact) mass is 292 g/mol. The molecule has 0 bridgehead atoms. The van der Waals surface area contributed by atoms with Crippen LogP contribution in [0.4, 0.5) is 20.2 Å². The summed E-state index contributed by atoms with van der Waals surface area (Å²) >= 11 is 0. The number of halogens is 2. The van der Waals surface area contributed by atoms with E-state index < -0.39 is 5.92 Å². The van der Waals surface area contributed by atoms with Gasteiger partial charge in [-0.05, 0) is 12.1 Å². The Labute approximate surface area is 122 Å². The van der Waals surface area contributed by atoms with Gasteiger partial charge in [-0.25, -0.2) is 8.78 Å². The maximum absolute atomic E-state index is 13.3. The van der Waals surface area contributed by atoms with Gasteiger partial charge in [-0.3, -0.25) is 4.68 Å². The molecule has 0 unspecified atom stereocenters. The Bertz CT molecular complexity index is 641. The van der Waals surface area contributed by atoms with Crippen LogP contribution < -0.4 is 10.6 Å². The first kappa shape index (κ1) is 13.9. The van der Waals surface area contributed by atoms with Crippen molar-refractivity contribution in [1.82, 2.24) is 9.78 Å². The summed E-state index contributed by atoms with van der Waals surface area (Å²) in [5.41, 5.74) is 9.35. The van der Waals surface area contributed by atoms with E-state index in [1.807, 2.05) is 36.3 Å². The van der Waals surface area contributed by atoms with E-state index in [4.69, 9.17) is 5.73 Å². The molecule has 1 aromatic heterocycles. The summed E-state index contributed by atoms with van der Waals surface area (Å²) in [6, 6.07) is 5.60. The molecule has 2 N–H and O–H groups in total. The summed E-state index contributed by atoms with van der Waals surface area (Å²) in [5, 5.41) is 4.17. The molecule has 0 aliphatic carbocycles. The number of nitrogen functional groups attached to an aromatic ring is 1. The summed E-state index contributed by atoms with van der Waals surface area (Å²) in [4.78, 5) is 1.98. The SMILES string of the molecule is Cn1cc(-c2ccc(N)cc2N2CCC(F)(F)CC2)cn1. The number of hydrogen-bond donors (Lipinski definition) is 1. The van der Waals surface area contributed by atoms with Crippen LogP contribution in [0.3, 0.4) is 0 Å². The molecule has 6 heteroatoms. The standard InChI is InChI=1S/C15H18F2N4/c1-20-10-11(9-19-20)13-3-2-12(18)8-14(13)21-6-4-15(16,17)5-7-21/h2-3,8-10H,4-7,18H2,1H3. The smallest absolute Gasteiger partial charge is 0.251 e. The average Bonchev–Trinajstić information content (AvgIpc) is 2.85. The number of benzene rings is 1. The van der Waals surface area contributed by atoms with E-state index in [-0.39, 0.29) is 12.8 Å². The molecule has 0 atom stereocenters. The molecule has 2 aromatic rings. The predicted molar refractivity (Wildman–Crippen MR) is 79.5 cm³/mol. The molecule has 0 amide bonds. The van der Waals surface area contributed by atoms with E-state index in [1.54, 1.807) is 10.9 Å². The number of anilines is 2. The van der Waals surface area contributed by atoms with Gasteiger partial charge in [-0.1, -0.05) is 6.07 Å². The summed E-state index contributed by atoms with van der Waals surface area (Å²) < 4.78 is 28.4. The molecule has 4 nitrogen and oxygen atoms in total. The molecule has 1 aliphatic heterocycles. The van der Waals surface area contributed by atoms with Crippen molar-refractivity contribution in [2.75, 3.05) is 23.7 Å². The van der Waals surface area contributed by atoms with Crippen LogP contribution in [0.25, 0.3) is 11.1 Å². The van der Waals surface area contributed by atoms with Gasteiger partial charge in [0.15, 0.2) is 0 Å². The number of piperidine rings is 1. The number of rotatable bonds is 2. The van der Waals surface area contributed by atoms with Crippen LogP contribution in [0.5, 0.6) is 0 Å². The van der Waals surface area contributed by atoms with E-state index in [9.17, 15) is 8.78 Å². The second-order valence-electron chi connectivity index (χ2n) is 5.52. The highest BCUT2D eigenvalue weighted by molar-refractivity contribution is 5.80. The Morgan fingerprint density at radius 2 is 1.95 bits per heavy atom. The third kappa shape index (κ3) is 2.84. The molecule has 21 heavy (non-hydrogen) atoms. The Kier molecular flexibility index (Phi) is 3.31. The van der Waals surface area contributed by atoms with Crippen molar-refractivity contribution < 1.29 is 8.78 Å². The molecule has 3 rings (SSSR count). The molecule has 2 heterocycles. The molecule has 1 fully saturated rings. The highest BCUT2D eigenvalue weighted by Crippen LogP contribution is 2.36. The van der Waals surface area contributed by atoms with E-state index in [0.29, 0.717) is 18.8 Å². The minimum Gasteiger partial charge on any atom is -0.399 e. The fourth-order valence-electron chi connectivity index (χ4n) is 2.69. The van der Waals surface area contributed by atoms with Crippen molar-refractivity contribution in [2.45, 2.75) is 18.8 Å². The molecular formula is C15H18F2N4. The van der Waals surface area contributed by atoms with Gasteiger partial charge in [-0.15, -0.1) is 0 Å². The second kappa shape index (κ2) is 5.02. The quantitative estimate of drug-likeness (QED) is 0.866. The van der Waals surface area contributed by atoms with E-state index >= 15 is 0 Å². The lowest BCUT2D eigenvalue weighted by Crippen LogP contribution is -2.39. The Morgan fingerprint density at radius 1 is 1.24 bits per heavy atom. The molecule has 112 valence electrons. The Balaban J connectivity index is 1.96. The highest BCUT2D eigenvalue weighted by atomic mass is 19.3. The van der Waals surface area contributed by atoms with Crippen molar-refractivity contribution in [1.29, 1.82) is 0 Å². The number of aromatic nitrogens is 2. The van der Waals surface area contributed by atoms with Crippen LogP contribution in [0, 0.1) is 0 Å². The minimum absolute atomic E-state index is 0.117. The topological polar surface area (TPSA) is 47.1 Å². The minimum atomic E-state index is -2.55. The first-order valence-electron chi connectivity index (χ1n) is 6.96. The molecule has 1 aromatic carbocycles. The molecule has 1 aliphatic rings. The van der Waals surface area contributed by atoms with Gasteiger partial charge in [0.2, 0.25) is 0 Å². The van der Waals surface area contributed by atoms with Crippen molar-refractivity contribution in [3.05, 3.63) is 30.6 Å². The van der Waals surface area contributed by atoms with Gasteiger partial charge >= 0.3 is 0 Å². The Hall–Kier alpha value is -2.11. The van der Waals surface area contributed by atoms with Gasteiger partial charge in [0.05, 0.1) is 6.20 Å². The number of nitrogens with two attached hydrogens (primary N) is 1. The predicted octanol–water partition coefficient (Wildman–Crippen LogP) is 2.90. The summed E-state index contributed by atoms with van der Waals surface area (Å²) in [6.45, 7) is 0.674. The van der Waals surface area contributed by atoms with Gasteiger partial charge in [0.25, 0.3) is 5.92 Å². The average molecular weight is 292 g/mol. The number of aryl methyl sites for hydroxylation is 1. The lowest BCUT2D eigenvalue weighted by Gasteiger charge is -2.34. The molecule has 0 radical (unpaired) electrons. The number of nitrogens with zero attached hydrogens (tertiary/aromatic N) is 3. The first-order valence-corrected chi connectivity index (χ1v) is 6.96. The van der Waals surface area contributed by atoms with Crippen LogP contribution >= 0.6 is 0 Å². The summed E-state index contributed by atoms with van der Waals surface area (Å²) in [5.74, 6) is -2.55. The van der Waals surface area contributed by atoms with Crippen LogP contribution in [0.15, 0.2) is 30.6 Å². The van der Waals surface area contributed by atoms with Gasteiger partial charge < -0.3 is 10.6 Å². The fraction of sp³-hybridized carbons (Fsp3) is 0.400. The number of hydrogen-bond acceptors (Lipinski definition) is 3. The normalized spacial score (nSPS) is 18.0. The van der Waals surface area contributed by atoms with Gasteiger partial charge in [-0.2, -0.15) is 5.10 Å². The summed E-state index contributed by atoms with van der Waals surface area (Å²) in [7, 11) is 1.85. The molecular weight excluding hydrogens is 274 g/mol. The maximum Gasteiger partial charge on any atom is 0.251 e. The van der Waals surface area contributed by atoms with E-state index in [0.717, 1.165) is 16.8 Å².